The average Bonchev–Trinajstić information content (AvgIpc) is 2.30. The maximum absolute atomic E-state index is 10.2. The van der Waals surface area contributed by atoms with Gasteiger partial charge in [-0.1, -0.05) is 77.6 Å². The van der Waals surface area contributed by atoms with Crippen LogP contribution in [0, 0.1) is 0 Å². The fraction of sp³-hybridized carbons (Fsp3) is 0.933. The molecule has 0 radical (unpaired) electrons. The summed E-state index contributed by atoms with van der Waals surface area (Å²) in [4.78, 5) is 10.2. The molecule has 0 spiro atoms. The molecule has 0 atom stereocenters. The Hall–Kier alpha value is 0.0674. The van der Waals surface area contributed by atoms with Crippen LogP contribution in [0.25, 0.3) is 0 Å². The van der Waals surface area contributed by atoms with Crippen LogP contribution in [0.3, 0.4) is 0 Å². The Morgan fingerprint density at radius 2 is 1.06 bits per heavy atom. The zero-order valence-electron chi connectivity index (χ0n) is 12.5. The van der Waals surface area contributed by atoms with E-state index in [0.29, 0.717) is 0 Å². The molecule has 0 amide bonds. The summed E-state index contributed by atoms with van der Waals surface area (Å²) in [5.74, 6) is -0.905. The van der Waals surface area contributed by atoms with Gasteiger partial charge in [0.1, 0.15) is 0 Å². The van der Waals surface area contributed by atoms with Crippen molar-refractivity contribution < 1.29 is 28.8 Å². The van der Waals surface area contributed by atoms with Gasteiger partial charge < -0.3 is 9.90 Å². The maximum atomic E-state index is 10.2. The van der Waals surface area contributed by atoms with Gasteiger partial charge in [-0.2, -0.15) is 0 Å². The molecule has 0 aromatic heterocycles. The summed E-state index contributed by atoms with van der Waals surface area (Å²) in [6, 6.07) is 0. The Labute approximate surface area is 125 Å². The van der Waals surface area contributed by atoms with Gasteiger partial charge in [0.05, 0.1) is 0 Å². The Morgan fingerprint density at radius 1 is 0.722 bits per heavy atom. The van der Waals surface area contributed by atoms with Crippen molar-refractivity contribution in [2.75, 3.05) is 0 Å². The number of hydrogen-bond acceptors (Lipinski definition) is 2. The molecule has 0 saturated carbocycles. The van der Waals surface area contributed by atoms with Crippen molar-refractivity contribution >= 4 is 5.97 Å². The van der Waals surface area contributed by atoms with Gasteiger partial charge in [-0.05, 0) is 12.8 Å². The monoisotopic (exact) mass is 248 g/mol. The van der Waals surface area contributed by atoms with Crippen LogP contribution in [0.4, 0.5) is 0 Å². The second kappa shape index (κ2) is 17.1. The molecule has 3 heteroatoms. The van der Waals surface area contributed by atoms with Crippen LogP contribution in [0.15, 0.2) is 0 Å². The standard InChI is InChI=1S/C15H30O2.Li/c1-2-3-4-5-6-7-8-9-10-11-12-13-14-15(16)17;/h2-14H2,1H3,(H,16,17);/q;+1/p-1. The topological polar surface area (TPSA) is 40.1 Å². The summed E-state index contributed by atoms with van der Waals surface area (Å²) in [5.41, 5.74) is 0. The van der Waals surface area contributed by atoms with Crippen molar-refractivity contribution in [1.82, 2.24) is 0 Å². The number of carbonyl (C=O) groups is 1. The minimum Gasteiger partial charge on any atom is -0.550 e. The maximum Gasteiger partial charge on any atom is 1.00 e. The minimum atomic E-state index is -0.905. The average molecular weight is 248 g/mol. The molecule has 0 aromatic rings. The summed E-state index contributed by atoms with van der Waals surface area (Å²) >= 11 is 0. The van der Waals surface area contributed by atoms with Gasteiger partial charge in [0, 0.05) is 5.97 Å². The van der Waals surface area contributed by atoms with E-state index in [-0.39, 0.29) is 25.3 Å². The molecule has 0 aliphatic heterocycles. The molecule has 0 bridgehead atoms. The Kier molecular flexibility index (Phi) is 19.3. The van der Waals surface area contributed by atoms with Gasteiger partial charge in [0.2, 0.25) is 0 Å². The molecule has 102 valence electrons. The summed E-state index contributed by atoms with van der Waals surface area (Å²) in [6.45, 7) is 2.25. The van der Waals surface area contributed by atoms with Crippen molar-refractivity contribution in [3.63, 3.8) is 0 Å². The molecule has 0 aliphatic rings. The first-order valence-electron chi connectivity index (χ1n) is 7.47. The van der Waals surface area contributed by atoms with Gasteiger partial charge in [0.15, 0.2) is 0 Å². The van der Waals surface area contributed by atoms with Crippen LogP contribution < -0.4 is 24.0 Å². The van der Waals surface area contributed by atoms with Crippen molar-refractivity contribution in [3.8, 4) is 0 Å². The first-order valence-corrected chi connectivity index (χ1v) is 7.47. The summed E-state index contributed by atoms with van der Waals surface area (Å²) in [7, 11) is 0. The summed E-state index contributed by atoms with van der Waals surface area (Å²) in [5, 5.41) is 10.2. The van der Waals surface area contributed by atoms with Gasteiger partial charge >= 0.3 is 18.9 Å². The second-order valence-corrected chi connectivity index (χ2v) is 5.01. The molecule has 0 rings (SSSR count). The van der Waals surface area contributed by atoms with Gasteiger partial charge in [-0.15, -0.1) is 0 Å². The van der Waals surface area contributed by atoms with Crippen molar-refractivity contribution in [2.24, 2.45) is 0 Å². The van der Waals surface area contributed by atoms with E-state index in [1.54, 1.807) is 0 Å². The third-order valence-electron chi connectivity index (χ3n) is 3.23. The molecule has 0 fully saturated rings. The van der Waals surface area contributed by atoms with Crippen LogP contribution in [-0.4, -0.2) is 5.97 Å². The van der Waals surface area contributed by atoms with E-state index in [1.165, 1.54) is 64.2 Å². The predicted octanol–water partition coefficient (Wildman–Crippen LogP) is 0.832. The minimum absolute atomic E-state index is 0. The van der Waals surface area contributed by atoms with E-state index < -0.39 is 5.97 Å². The number of aliphatic carboxylic acids is 1. The van der Waals surface area contributed by atoms with Gasteiger partial charge in [-0.25, -0.2) is 0 Å². The number of carbonyl (C=O) groups excluding carboxylic acids is 1. The van der Waals surface area contributed by atoms with E-state index in [0.717, 1.165) is 12.8 Å². The van der Waals surface area contributed by atoms with Crippen molar-refractivity contribution in [1.29, 1.82) is 0 Å². The smallest absolute Gasteiger partial charge is 0.550 e. The van der Waals surface area contributed by atoms with Crippen LogP contribution >= 0.6 is 0 Å². The van der Waals surface area contributed by atoms with Gasteiger partial charge in [-0.3, -0.25) is 0 Å². The normalized spacial score (nSPS) is 10.1. The molecule has 0 N–H and O–H groups in total. The molecular formula is C15H29LiO2. The quantitative estimate of drug-likeness (QED) is 0.358. The molecule has 0 aliphatic carbocycles. The molecular weight excluding hydrogens is 219 g/mol. The summed E-state index contributed by atoms with van der Waals surface area (Å²) in [6.07, 6.45) is 15.5. The van der Waals surface area contributed by atoms with Crippen LogP contribution in [-0.2, 0) is 4.79 Å². The largest absolute Gasteiger partial charge is 1.00 e. The molecule has 0 heterocycles. The van der Waals surface area contributed by atoms with E-state index >= 15 is 0 Å². The molecule has 0 aromatic carbocycles. The zero-order valence-corrected chi connectivity index (χ0v) is 12.5. The molecule has 18 heavy (non-hydrogen) atoms. The first kappa shape index (κ1) is 20.4. The van der Waals surface area contributed by atoms with E-state index in [4.69, 9.17) is 0 Å². The molecule has 0 unspecified atom stereocenters. The van der Waals surface area contributed by atoms with E-state index in [2.05, 4.69) is 6.92 Å². The Morgan fingerprint density at radius 3 is 1.39 bits per heavy atom. The fourth-order valence-corrected chi connectivity index (χ4v) is 2.11. The van der Waals surface area contributed by atoms with Gasteiger partial charge in [0.25, 0.3) is 0 Å². The third-order valence-corrected chi connectivity index (χ3v) is 3.23. The SMILES string of the molecule is CCCCCCCCCCCCCCC(=O)[O-].[Li+]. The summed E-state index contributed by atoms with van der Waals surface area (Å²) < 4.78 is 0. The van der Waals surface area contributed by atoms with E-state index in [1.807, 2.05) is 0 Å². The van der Waals surface area contributed by atoms with Crippen LogP contribution in [0.2, 0.25) is 0 Å². The number of rotatable bonds is 13. The Balaban J connectivity index is 0. The van der Waals surface area contributed by atoms with Crippen LogP contribution in [0.1, 0.15) is 90.4 Å². The van der Waals surface area contributed by atoms with Crippen LogP contribution in [0.5, 0.6) is 0 Å². The molecule has 0 saturated heterocycles. The number of carboxylic acids is 1. The number of hydrogen-bond donors (Lipinski definition) is 0. The molecule has 2 nitrogen and oxygen atoms in total. The van der Waals surface area contributed by atoms with Crippen molar-refractivity contribution in [2.45, 2.75) is 90.4 Å². The second-order valence-electron chi connectivity index (χ2n) is 5.01. The number of unbranched alkanes of at least 4 members (excludes halogenated alkanes) is 11. The zero-order chi connectivity index (χ0) is 12.8. The Bertz CT molecular complexity index is 172. The van der Waals surface area contributed by atoms with E-state index in [9.17, 15) is 9.90 Å². The predicted molar refractivity (Wildman–Crippen MR) is 70.7 cm³/mol. The van der Waals surface area contributed by atoms with Crippen molar-refractivity contribution in [3.05, 3.63) is 0 Å². The number of carboxylic acid groups (broad SMARTS) is 1. The first-order chi connectivity index (χ1) is 8.27. The third kappa shape index (κ3) is 18.4. The fourth-order valence-electron chi connectivity index (χ4n) is 2.11.